The fourth-order valence-electron chi connectivity index (χ4n) is 1.95. The minimum Gasteiger partial charge on any atom is -0.507 e. The molecule has 0 fully saturated rings. The predicted molar refractivity (Wildman–Crippen MR) is 79.3 cm³/mol. The van der Waals surface area contributed by atoms with Crippen molar-refractivity contribution in [3.63, 3.8) is 0 Å². The van der Waals surface area contributed by atoms with E-state index in [9.17, 15) is 46.1 Å². The Morgan fingerprint density at radius 2 is 1.03 bits per heavy atom. The Labute approximate surface area is 156 Å². The van der Waals surface area contributed by atoms with E-state index in [1.807, 2.05) is 0 Å². The highest BCUT2D eigenvalue weighted by Gasteiger charge is 2.33. The molecule has 2 rings (SSSR count). The van der Waals surface area contributed by atoms with Crippen LogP contribution in [0, 0.1) is 0 Å². The molecule has 0 aromatic heterocycles. The summed E-state index contributed by atoms with van der Waals surface area (Å²) in [7, 11) is 0. The number of ether oxygens (including phenoxy) is 3. The lowest BCUT2D eigenvalue weighted by molar-refractivity contribution is -0.275. The number of halogens is 6. The second kappa shape index (κ2) is 7.77. The molecule has 0 spiro atoms. The Morgan fingerprint density at radius 3 is 1.34 bits per heavy atom. The quantitative estimate of drug-likeness (QED) is 0.435. The Hall–Kier alpha value is -3.64. The van der Waals surface area contributed by atoms with Gasteiger partial charge in [-0.2, -0.15) is 0 Å². The number of phenols is 2. The van der Waals surface area contributed by atoms with Crippen LogP contribution >= 0.6 is 0 Å². The zero-order valence-corrected chi connectivity index (χ0v) is 13.7. The molecule has 0 atom stereocenters. The fraction of sp³-hybridized carbons (Fsp3) is 0.125. The molecule has 29 heavy (non-hydrogen) atoms. The maximum atomic E-state index is 12.2. The maximum absolute atomic E-state index is 12.2. The van der Waals surface area contributed by atoms with Crippen LogP contribution in [-0.4, -0.2) is 34.9 Å². The van der Waals surface area contributed by atoms with Gasteiger partial charge in [-0.3, -0.25) is 0 Å². The molecular weight excluding hydrogens is 418 g/mol. The number of alkyl halides is 6. The summed E-state index contributed by atoms with van der Waals surface area (Å²) in [6.07, 6.45) is -10.2. The van der Waals surface area contributed by atoms with Gasteiger partial charge in [0.25, 0.3) is 0 Å². The molecule has 0 unspecified atom stereocenters. The standard InChI is InChI=1S/C16H8F6O7/c17-15(18,19)28-7-1-3-11(23)9(5-7)13(25)27-14(26)10-6-8(2-4-12(10)24)29-16(20,21)22/h1-6,23-24H. The van der Waals surface area contributed by atoms with Crippen molar-refractivity contribution >= 4 is 11.9 Å². The Kier molecular flexibility index (Phi) is 5.80. The predicted octanol–water partition coefficient (Wildman–Crippen LogP) is 3.89. The average molecular weight is 426 g/mol. The number of carbonyl (C=O) groups excluding carboxylic acids is 2. The van der Waals surface area contributed by atoms with E-state index in [1.54, 1.807) is 0 Å². The highest BCUT2D eigenvalue weighted by Crippen LogP contribution is 2.30. The van der Waals surface area contributed by atoms with Gasteiger partial charge in [-0.1, -0.05) is 0 Å². The second-order valence-corrected chi connectivity index (χ2v) is 5.13. The van der Waals surface area contributed by atoms with Crippen LogP contribution in [0.25, 0.3) is 0 Å². The molecule has 0 aliphatic rings. The number of hydrogen-bond donors (Lipinski definition) is 2. The van der Waals surface area contributed by atoms with Crippen molar-refractivity contribution in [1.29, 1.82) is 0 Å². The van der Waals surface area contributed by atoms with Crippen molar-refractivity contribution < 1.29 is 60.4 Å². The molecule has 2 aromatic carbocycles. The summed E-state index contributed by atoms with van der Waals surface area (Å²) in [6.45, 7) is 0. The van der Waals surface area contributed by atoms with Crippen LogP contribution in [0.3, 0.4) is 0 Å². The highest BCUT2D eigenvalue weighted by atomic mass is 19.4. The molecule has 0 heterocycles. The van der Waals surface area contributed by atoms with Gasteiger partial charge in [-0.15, -0.1) is 26.3 Å². The first-order valence-corrected chi connectivity index (χ1v) is 7.19. The third-order valence-electron chi connectivity index (χ3n) is 3.03. The highest BCUT2D eigenvalue weighted by molar-refractivity contribution is 6.05. The minimum absolute atomic E-state index is 0.418. The lowest BCUT2D eigenvalue weighted by atomic mass is 10.1. The number of rotatable bonds is 4. The van der Waals surface area contributed by atoms with Gasteiger partial charge in [0, 0.05) is 0 Å². The molecule has 0 aliphatic heterocycles. The van der Waals surface area contributed by atoms with Crippen molar-refractivity contribution in [3.05, 3.63) is 47.5 Å². The van der Waals surface area contributed by atoms with Crippen LogP contribution in [-0.2, 0) is 4.74 Å². The van der Waals surface area contributed by atoms with E-state index in [1.165, 1.54) is 0 Å². The van der Waals surface area contributed by atoms with Crippen LogP contribution in [0.15, 0.2) is 36.4 Å². The molecule has 0 amide bonds. The summed E-state index contributed by atoms with van der Waals surface area (Å²) in [4.78, 5) is 23.9. The molecule has 2 aromatic rings. The third kappa shape index (κ3) is 6.19. The molecule has 0 radical (unpaired) electrons. The molecule has 0 saturated carbocycles. The van der Waals surface area contributed by atoms with Gasteiger partial charge in [-0.25, -0.2) is 9.59 Å². The van der Waals surface area contributed by atoms with Gasteiger partial charge in [-0.05, 0) is 36.4 Å². The van der Waals surface area contributed by atoms with E-state index >= 15 is 0 Å². The molecule has 2 N–H and O–H groups in total. The number of carbonyl (C=O) groups is 2. The summed E-state index contributed by atoms with van der Waals surface area (Å²) in [5.41, 5.74) is -1.83. The smallest absolute Gasteiger partial charge is 0.507 e. The van der Waals surface area contributed by atoms with E-state index in [4.69, 9.17) is 0 Å². The van der Waals surface area contributed by atoms with Crippen molar-refractivity contribution in [2.24, 2.45) is 0 Å². The molecule has 13 heteroatoms. The van der Waals surface area contributed by atoms with E-state index < -0.39 is 58.8 Å². The zero-order valence-electron chi connectivity index (χ0n) is 13.7. The molecule has 7 nitrogen and oxygen atoms in total. The number of phenolic OH excluding ortho intramolecular Hbond substituents is 2. The lowest BCUT2D eigenvalue weighted by Gasteiger charge is -2.12. The zero-order chi connectivity index (χ0) is 22.0. The van der Waals surface area contributed by atoms with E-state index in [-0.39, 0.29) is 0 Å². The lowest BCUT2D eigenvalue weighted by Crippen LogP contribution is -2.18. The normalized spacial score (nSPS) is 11.7. The van der Waals surface area contributed by atoms with Crippen molar-refractivity contribution in [3.8, 4) is 23.0 Å². The SMILES string of the molecule is O=C(OC(=O)c1cc(OC(F)(F)F)ccc1O)c1cc(OC(F)(F)F)ccc1O. The monoisotopic (exact) mass is 426 g/mol. The summed E-state index contributed by atoms with van der Waals surface area (Å²) in [5.74, 6) is -6.93. The van der Waals surface area contributed by atoms with Crippen molar-refractivity contribution in [2.75, 3.05) is 0 Å². The van der Waals surface area contributed by atoms with Gasteiger partial charge in [0.1, 0.15) is 34.1 Å². The first-order valence-electron chi connectivity index (χ1n) is 7.19. The fourth-order valence-corrected chi connectivity index (χ4v) is 1.95. The van der Waals surface area contributed by atoms with Gasteiger partial charge in [0.15, 0.2) is 0 Å². The Morgan fingerprint density at radius 1 is 0.690 bits per heavy atom. The Balaban J connectivity index is 2.24. The van der Waals surface area contributed by atoms with E-state index in [2.05, 4.69) is 14.2 Å². The van der Waals surface area contributed by atoms with E-state index in [0.29, 0.717) is 36.4 Å². The van der Waals surface area contributed by atoms with Crippen LogP contribution in [0.4, 0.5) is 26.3 Å². The molecule has 156 valence electrons. The van der Waals surface area contributed by atoms with Crippen LogP contribution in [0.2, 0.25) is 0 Å². The third-order valence-corrected chi connectivity index (χ3v) is 3.03. The summed E-state index contributed by atoms with van der Waals surface area (Å²) in [5, 5.41) is 19.1. The first kappa shape index (κ1) is 21.7. The van der Waals surface area contributed by atoms with E-state index in [0.717, 1.165) is 0 Å². The molecule has 0 aliphatic carbocycles. The molecule has 0 bridgehead atoms. The van der Waals surface area contributed by atoms with Crippen LogP contribution < -0.4 is 9.47 Å². The summed E-state index contributed by atoms with van der Waals surface area (Å²) < 4.78 is 84.8. The maximum Gasteiger partial charge on any atom is 0.573 e. The summed E-state index contributed by atoms with van der Waals surface area (Å²) in [6, 6.07) is 3.48. The van der Waals surface area contributed by atoms with Crippen LogP contribution in [0.5, 0.6) is 23.0 Å². The van der Waals surface area contributed by atoms with Gasteiger partial charge >= 0.3 is 24.7 Å². The van der Waals surface area contributed by atoms with Gasteiger partial charge < -0.3 is 24.4 Å². The van der Waals surface area contributed by atoms with Crippen molar-refractivity contribution in [1.82, 2.24) is 0 Å². The number of esters is 2. The summed E-state index contributed by atoms with van der Waals surface area (Å²) >= 11 is 0. The minimum atomic E-state index is -5.11. The van der Waals surface area contributed by atoms with Crippen molar-refractivity contribution in [2.45, 2.75) is 12.7 Å². The number of aromatic hydroxyl groups is 2. The average Bonchev–Trinajstić information content (AvgIpc) is 2.55. The molecule has 0 saturated heterocycles. The topological polar surface area (TPSA) is 102 Å². The largest absolute Gasteiger partial charge is 0.573 e. The number of benzene rings is 2. The second-order valence-electron chi connectivity index (χ2n) is 5.13. The van der Waals surface area contributed by atoms with Gasteiger partial charge in [0.05, 0.1) is 0 Å². The first-order chi connectivity index (χ1) is 13.2. The Bertz CT molecular complexity index is 861. The molecular formula is C16H8F6O7. The van der Waals surface area contributed by atoms with Gasteiger partial charge in [0.2, 0.25) is 0 Å². The number of hydrogen-bond acceptors (Lipinski definition) is 7. The van der Waals surface area contributed by atoms with Crippen LogP contribution in [0.1, 0.15) is 20.7 Å².